The molecule has 10 nitrogen and oxygen atoms in total. The van der Waals surface area contributed by atoms with Crippen LogP contribution in [0.2, 0.25) is 0 Å². The Bertz CT molecular complexity index is 1060. The Balaban J connectivity index is 1.35. The molecule has 0 bridgehead atoms. The minimum Gasteiger partial charge on any atom is -0.495 e. The van der Waals surface area contributed by atoms with Crippen LogP contribution >= 0.6 is 0 Å². The van der Waals surface area contributed by atoms with Crippen molar-refractivity contribution < 1.29 is 9.47 Å². The highest BCUT2D eigenvalue weighted by atomic mass is 16.5. The molecule has 2 fully saturated rings. The number of ether oxygens (including phenoxy) is 2. The number of nitrogens with zero attached hydrogens (tertiary/aromatic N) is 6. The van der Waals surface area contributed by atoms with Gasteiger partial charge < -0.3 is 20.9 Å². The molecular weight excluding hydrogens is 384 g/mol. The van der Waals surface area contributed by atoms with E-state index in [1.54, 1.807) is 18.0 Å². The van der Waals surface area contributed by atoms with Gasteiger partial charge >= 0.3 is 0 Å². The number of anilines is 2. The molecule has 0 spiro atoms. The van der Waals surface area contributed by atoms with Gasteiger partial charge in [-0.3, -0.25) is 14.6 Å². The fourth-order valence-corrected chi connectivity index (χ4v) is 4.35. The molecule has 158 valence electrons. The van der Waals surface area contributed by atoms with Crippen molar-refractivity contribution in [3.63, 3.8) is 0 Å². The summed E-state index contributed by atoms with van der Waals surface area (Å²) in [6.45, 7) is 4.36. The summed E-state index contributed by atoms with van der Waals surface area (Å²) in [7, 11) is 1.67. The number of aromatic nitrogens is 5. The van der Waals surface area contributed by atoms with Crippen molar-refractivity contribution in [3.05, 3.63) is 29.7 Å². The first kappa shape index (κ1) is 19.0. The third-order valence-electron chi connectivity index (χ3n) is 6.14. The molecule has 2 saturated heterocycles. The molecule has 0 unspecified atom stereocenters. The Morgan fingerprint density at radius 3 is 2.67 bits per heavy atom. The van der Waals surface area contributed by atoms with Crippen LogP contribution in [0.25, 0.3) is 11.0 Å². The summed E-state index contributed by atoms with van der Waals surface area (Å²) in [5, 5.41) is 4.39. The monoisotopic (exact) mass is 410 g/mol. The van der Waals surface area contributed by atoms with Crippen molar-refractivity contribution in [1.29, 1.82) is 0 Å². The van der Waals surface area contributed by atoms with E-state index in [9.17, 15) is 0 Å². The first-order valence-corrected chi connectivity index (χ1v) is 10.2. The molecule has 0 amide bonds. The minimum absolute atomic E-state index is 0.135. The fourth-order valence-electron chi connectivity index (χ4n) is 4.35. The van der Waals surface area contributed by atoms with Gasteiger partial charge in [0.25, 0.3) is 0 Å². The topological polar surface area (TPSA) is 130 Å². The quantitative estimate of drug-likeness (QED) is 0.633. The number of pyridine rings is 1. The van der Waals surface area contributed by atoms with E-state index in [1.165, 1.54) is 5.56 Å². The number of nitrogen functional groups attached to an aromatic ring is 2. The van der Waals surface area contributed by atoms with E-state index in [-0.39, 0.29) is 5.95 Å². The van der Waals surface area contributed by atoms with E-state index in [0.717, 1.165) is 50.6 Å². The number of rotatable bonds is 5. The van der Waals surface area contributed by atoms with Crippen molar-refractivity contribution in [2.45, 2.75) is 31.3 Å². The molecule has 2 aliphatic heterocycles. The maximum atomic E-state index is 6.04. The normalized spacial score (nSPS) is 18.6. The molecule has 0 saturated carbocycles. The van der Waals surface area contributed by atoms with Crippen LogP contribution in [0.1, 0.15) is 30.0 Å². The maximum absolute atomic E-state index is 6.04. The minimum atomic E-state index is 0.135. The summed E-state index contributed by atoms with van der Waals surface area (Å²) in [5.74, 6) is 1.68. The van der Waals surface area contributed by atoms with Crippen molar-refractivity contribution in [2.75, 3.05) is 44.9 Å². The van der Waals surface area contributed by atoms with Gasteiger partial charge in [-0.1, -0.05) is 0 Å². The second kappa shape index (κ2) is 7.69. The number of likely N-dealkylation sites (tertiary alicyclic amines) is 1. The van der Waals surface area contributed by atoms with Crippen molar-refractivity contribution >= 4 is 22.8 Å². The van der Waals surface area contributed by atoms with Crippen LogP contribution in [-0.4, -0.2) is 69.1 Å². The molecule has 0 radical (unpaired) electrons. The average Bonchev–Trinajstić information content (AvgIpc) is 3.10. The van der Waals surface area contributed by atoms with Crippen LogP contribution in [0, 0.1) is 0 Å². The maximum Gasteiger partial charge on any atom is 0.222 e. The van der Waals surface area contributed by atoms with Crippen LogP contribution in [0.5, 0.6) is 5.75 Å². The third kappa shape index (κ3) is 3.41. The van der Waals surface area contributed by atoms with Gasteiger partial charge in [0, 0.05) is 6.20 Å². The Hall–Kier alpha value is -2.98. The van der Waals surface area contributed by atoms with Gasteiger partial charge in [0.2, 0.25) is 5.95 Å². The van der Waals surface area contributed by atoms with E-state index in [2.05, 4.69) is 26.0 Å². The largest absolute Gasteiger partial charge is 0.495 e. The van der Waals surface area contributed by atoms with Crippen LogP contribution < -0.4 is 16.2 Å². The SMILES string of the molecule is COc1cc(C2CCN(C3COC3)CC2)cnc1Cn1ncc2nc(N)nc(N)c21. The molecule has 3 aromatic rings. The van der Waals surface area contributed by atoms with E-state index >= 15 is 0 Å². The van der Waals surface area contributed by atoms with Crippen molar-refractivity contribution in [3.8, 4) is 5.75 Å². The molecule has 0 atom stereocenters. The Labute approximate surface area is 174 Å². The second-order valence-corrected chi connectivity index (χ2v) is 7.92. The van der Waals surface area contributed by atoms with Crippen molar-refractivity contribution in [1.82, 2.24) is 29.6 Å². The van der Waals surface area contributed by atoms with Gasteiger partial charge in [0.1, 0.15) is 22.5 Å². The van der Waals surface area contributed by atoms with Gasteiger partial charge in [0.15, 0.2) is 5.82 Å². The first-order valence-electron chi connectivity index (χ1n) is 10.2. The second-order valence-electron chi connectivity index (χ2n) is 7.92. The molecule has 5 rings (SSSR count). The zero-order valence-corrected chi connectivity index (χ0v) is 17.0. The van der Waals surface area contributed by atoms with Gasteiger partial charge in [0.05, 0.1) is 39.1 Å². The lowest BCUT2D eigenvalue weighted by Crippen LogP contribution is -2.51. The van der Waals surface area contributed by atoms with Crippen LogP contribution in [-0.2, 0) is 11.3 Å². The summed E-state index contributed by atoms with van der Waals surface area (Å²) in [4.78, 5) is 15.5. The van der Waals surface area contributed by atoms with Gasteiger partial charge in [-0.2, -0.15) is 10.1 Å². The van der Waals surface area contributed by atoms with E-state index < -0.39 is 0 Å². The molecule has 0 aromatic carbocycles. The Kier molecular flexibility index (Phi) is 4.87. The number of piperidine rings is 1. The van der Waals surface area contributed by atoms with Gasteiger partial charge in [-0.25, -0.2) is 4.98 Å². The molecule has 4 N–H and O–H groups in total. The lowest BCUT2D eigenvalue weighted by atomic mass is 9.89. The molecule has 30 heavy (non-hydrogen) atoms. The summed E-state index contributed by atoms with van der Waals surface area (Å²) >= 11 is 0. The van der Waals surface area contributed by atoms with Crippen LogP contribution in [0.15, 0.2) is 18.5 Å². The lowest BCUT2D eigenvalue weighted by Gasteiger charge is -2.41. The molecular formula is C20H26N8O2. The molecule has 2 aliphatic rings. The first-order chi connectivity index (χ1) is 14.6. The van der Waals surface area contributed by atoms with Gasteiger partial charge in [-0.05, 0) is 43.5 Å². The zero-order valence-electron chi connectivity index (χ0n) is 17.0. The zero-order chi connectivity index (χ0) is 20.7. The highest BCUT2D eigenvalue weighted by molar-refractivity contribution is 5.85. The highest BCUT2D eigenvalue weighted by Crippen LogP contribution is 2.32. The molecule has 3 aromatic heterocycles. The third-order valence-corrected chi connectivity index (χ3v) is 6.14. The highest BCUT2D eigenvalue weighted by Gasteiger charge is 2.30. The summed E-state index contributed by atoms with van der Waals surface area (Å²) in [6.07, 6.45) is 5.85. The average molecular weight is 410 g/mol. The van der Waals surface area contributed by atoms with Crippen LogP contribution in [0.4, 0.5) is 11.8 Å². The number of methoxy groups -OCH3 is 1. The summed E-state index contributed by atoms with van der Waals surface area (Å²) in [6, 6.07) is 2.72. The summed E-state index contributed by atoms with van der Waals surface area (Å²) in [5.41, 5.74) is 15.0. The lowest BCUT2D eigenvalue weighted by molar-refractivity contribution is -0.0712. The standard InChI is InChI=1S/C20H26N8O2/c1-29-17-6-13(12-2-4-27(5-3-12)14-10-30-11-14)7-23-16(17)9-28-18-15(8-24-28)25-20(22)26-19(18)21/h6-8,12,14H,2-5,9-11H2,1H3,(H4,21,22,25,26). The molecule has 5 heterocycles. The number of fused-ring (bicyclic) bond motifs is 1. The van der Waals surface area contributed by atoms with E-state index in [4.69, 9.17) is 25.9 Å². The van der Waals surface area contributed by atoms with E-state index in [0.29, 0.717) is 35.4 Å². The van der Waals surface area contributed by atoms with Gasteiger partial charge in [-0.15, -0.1) is 0 Å². The Morgan fingerprint density at radius 1 is 1.17 bits per heavy atom. The predicted molar refractivity (Wildman–Crippen MR) is 112 cm³/mol. The van der Waals surface area contributed by atoms with Crippen LogP contribution in [0.3, 0.4) is 0 Å². The smallest absolute Gasteiger partial charge is 0.222 e. The number of hydrogen-bond donors (Lipinski definition) is 2. The Morgan fingerprint density at radius 2 is 1.97 bits per heavy atom. The number of nitrogens with two attached hydrogens (primary N) is 2. The molecule has 0 aliphatic carbocycles. The fraction of sp³-hybridized carbons (Fsp3) is 0.500. The number of hydrogen-bond acceptors (Lipinski definition) is 9. The van der Waals surface area contributed by atoms with Crippen molar-refractivity contribution in [2.24, 2.45) is 0 Å². The molecule has 10 heteroatoms. The van der Waals surface area contributed by atoms with E-state index in [1.807, 2.05) is 6.20 Å². The summed E-state index contributed by atoms with van der Waals surface area (Å²) < 4.78 is 12.7. The predicted octanol–water partition coefficient (Wildman–Crippen LogP) is 1.02.